The summed E-state index contributed by atoms with van der Waals surface area (Å²) in [4.78, 5) is 38.0. The second-order valence-corrected chi connectivity index (χ2v) is 6.45. The van der Waals surface area contributed by atoms with Gasteiger partial charge in [-0.05, 0) is 37.6 Å². The minimum Gasteiger partial charge on any atom is -0.462 e. The number of anilines is 1. The zero-order valence-electron chi connectivity index (χ0n) is 15.5. The highest BCUT2D eigenvalue weighted by Crippen LogP contribution is 2.22. The summed E-state index contributed by atoms with van der Waals surface area (Å²) in [5.41, 5.74) is 1.02. The second-order valence-electron chi connectivity index (χ2n) is 6.45. The maximum Gasteiger partial charge on any atom is 0.338 e. The smallest absolute Gasteiger partial charge is 0.338 e. The molecule has 142 valence electrons. The Hall–Kier alpha value is -2.41. The van der Waals surface area contributed by atoms with Crippen molar-refractivity contribution >= 4 is 23.5 Å². The Labute approximate surface area is 153 Å². The predicted molar refractivity (Wildman–Crippen MR) is 96.8 cm³/mol. The molecular weight excluding hydrogens is 336 g/mol. The first-order valence-corrected chi connectivity index (χ1v) is 8.82. The Morgan fingerprint density at radius 2 is 2.00 bits per heavy atom. The normalized spacial score (nSPS) is 17.9. The van der Waals surface area contributed by atoms with E-state index < -0.39 is 5.92 Å². The first-order chi connectivity index (χ1) is 12.5. The lowest BCUT2D eigenvalue weighted by molar-refractivity contribution is -0.130. The number of amides is 2. The second kappa shape index (κ2) is 9.33. The number of hydrogen-bond donors (Lipinski definition) is 1. The zero-order chi connectivity index (χ0) is 19.1. The third-order valence-corrected chi connectivity index (χ3v) is 4.29. The van der Waals surface area contributed by atoms with Crippen molar-refractivity contribution in [3.05, 3.63) is 29.8 Å². The van der Waals surface area contributed by atoms with Crippen molar-refractivity contribution in [2.24, 2.45) is 5.92 Å². The van der Waals surface area contributed by atoms with Gasteiger partial charge in [-0.1, -0.05) is 6.92 Å². The maximum absolute atomic E-state index is 12.4. The average molecular weight is 362 g/mol. The van der Waals surface area contributed by atoms with Crippen LogP contribution in [0.1, 0.15) is 37.0 Å². The summed E-state index contributed by atoms with van der Waals surface area (Å²) >= 11 is 0. The number of likely N-dealkylation sites (tertiary alicyclic amines) is 1. The maximum atomic E-state index is 12.4. The molecule has 7 nitrogen and oxygen atoms in total. The topological polar surface area (TPSA) is 84.9 Å². The van der Waals surface area contributed by atoms with Crippen molar-refractivity contribution in [2.45, 2.75) is 32.7 Å². The van der Waals surface area contributed by atoms with Gasteiger partial charge in [-0.15, -0.1) is 0 Å². The molecule has 0 spiro atoms. The van der Waals surface area contributed by atoms with Crippen LogP contribution in [0.15, 0.2) is 24.3 Å². The van der Waals surface area contributed by atoms with Gasteiger partial charge in [0.05, 0.1) is 30.7 Å². The fourth-order valence-electron chi connectivity index (χ4n) is 2.88. The molecular formula is C19H26N2O5. The summed E-state index contributed by atoms with van der Waals surface area (Å²) in [6.45, 7) is 5.03. The van der Waals surface area contributed by atoms with Gasteiger partial charge in [0, 0.05) is 25.8 Å². The molecule has 1 aromatic rings. The quantitative estimate of drug-likeness (QED) is 0.716. The monoisotopic (exact) mass is 362 g/mol. The number of esters is 1. The van der Waals surface area contributed by atoms with Gasteiger partial charge >= 0.3 is 5.97 Å². The first-order valence-electron chi connectivity index (χ1n) is 8.82. The largest absolute Gasteiger partial charge is 0.462 e. The van der Waals surface area contributed by atoms with Crippen molar-refractivity contribution < 1.29 is 23.9 Å². The van der Waals surface area contributed by atoms with Crippen LogP contribution in [-0.4, -0.2) is 55.6 Å². The molecule has 0 bridgehead atoms. The highest BCUT2D eigenvalue weighted by atomic mass is 16.5. The standard InChI is InChI=1S/C19H26N2O5/c1-4-9-26-19(24)14-5-7-16(8-6-14)20-18(23)15-10-17(22)21(11-15)13(2)12-25-3/h5-8,13,15H,4,9-12H2,1-3H3,(H,20,23)/t13-,15-/m0/s1. The Kier molecular flexibility index (Phi) is 7.15. The molecule has 0 saturated carbocycles. The number of methoxy groups -OCH3 is 1. The molecule has 1 heterocycles. The summed E-state index contributed by atoms with van der Waals surface area (Å²) in [6.07, 6.45) is 0.960. The lowest BCUT2D eigenvalue weighted by atomic mass is 10.1. The third-order valence-electron chi connectivity index (χ3n) is 4.29. The van der Waals surface area contributed by atoms with Crippen LogP contribution in [0.5, 0.6) is 0 Å². The molecule has 0 radical (unpaired) electrons. The highest BCUT2D eigenvalue weighted by molar-refractivity contribution is 5.97. The summed E-state index contributed by atoms with van der Waals surface area (Å²) in [5, 5.41) is 2.80. The number of carbonyl (C=O) groups excluding carboxylic acids is 3. The molecule has 2 amide bonds. The Morgan fingerprint density at radius 1 is 1.31 bits per heavy atom. The van der Waals surface area contributed by atoms with Gasteiger partial charge in [0.15, 0.2) is 0 Å². The Bertz CT molecular complexity index is 644. The molecule has 7 heteroatoms. The first kappa shape index (κ1) is 19.9. The molecule has 1 N–H and O–H groups in total. The molecule has 0 aliphatic carbocycles. The lowest BCUT2D eigenvalue weighted by Crippen LogP contribution is -2.38. The molecule has 2 atom stereocenters. The van der Waals surface area contributed by atoms with E-state index >= 15 is 0 Å². The lowest BCUT2D eigenvalue weighted by Gasteiger charge is -2.23. The van der Waals surface area contributed by atoms with Gasteiger partial charge in [-0.25, -0.2) is 4.79 Å². The van der Waals surface area contributed by atoms with Gasteiger partial charge < -0.3 is 19.7 Å². The van der Waals surface area contributed by atoms with E-state index in [1.807, 2.05) is 13.8 Å². The van der Waals surface area contributed by atoms with Crippen molar-refractivity contribution in [3.63, 3.8) is 0 Å². The minimum absolute atomic E-state index is 0.0382. The zero-order valence-corrected chi connectivity index (χ0v) is 15.5. The summed E-state index contributed by atoms with van der Waals surface area (Å²) < 4.78 is 10.1. The van der Waals surface area contributed by atoms with Crippen molar-refractivity contribution in [2.75, 3.05) is 32.2 Å². The van der Waals surface area contributed by atoms with Crippen LogP contribution in [0, 0.1) is 5.92 Å². The van der Waals surface area contributed by atoms with Crippen molar-refractivity contribution in [3.8, 4) is 0 Å². The SMILES string of the molecule is CCCOC(=O)c1ccc(NC(=O)[C@H]2CC(=O)N([C@@H](C)COC)C2)cc1. The van der Waals surface area contributed by atoms with E-state index in [-0.39, 0.29) is 30.2 Å². The van der Waals surface area contributed by atoms with Gasteiger partial charge in [0.2, 0.25) is 11.8 Å². The number of rotatable bonds is 8. The number of hydrogen-bond acceptors (Lipinski definition) is 5. The van der Waals surface area contributed by atoms with Crippen LogP contribution in [0.25, 0.3) is 0 Å². The fraction of sp³-hybridized carbons (Fsp3) is 0.526. The summed E-state index contributed by atoms with van der Waals surface area (Å²) in [7, 11) is 1.59. The van der Waals surface area contributed by atoms with Crippen LogP contribution in [-0.2, 0) is 19.1 Å². The van der Waals surface area contributed by atoms with Crippen LogP contribution in [0.3, 0.4) is 0 Å². The van der Waals surface area contributed by atoms with E-state index in [2.05, 4.69) is 5.32 Å². The Balaban J connectivity index is 1.91. The average Bonchev–Trinajstić information content (AvgIpc) is 3.02. The molecule has 1 aromatic carbocycles. The van der Waals surface area contributed by atoms with Crippen LogP contribution in [0.4, 0.5) is 5.69 Å². The summed E-state index contributed by atoms with van der Waals surface area (Å²) in [6, 6.07) is 6.48. The molecule has 0 aromatic heterocycles. The van der Waals surface area contributed by atoms with Crippen LogP contribution < -0.4 is 5.32 Å². The molecule has 2 rings (SSSR count). The predicted octanol–water partition coefficient (Wildman–Crippen LogP) is 2.08. The number of carbonyl (C=O) groups is 3. The highest BCUT2D eigenvalue weighted by Gasteiger charge is 2.36. The van der Waals surface area contributed by atoms with Crippen LogP contribution in [0.2, 0.25) is 0 Å². The number of nitrogens with one attached hydrogen (secondary N) is 1. The van der Waals surface area contributed by atoms with E-state index in [9.17, 15) is 14.4 Å². The van der Waals surface area contributed by atoms with Gasteiger partial charge in [0.25, 0.3) is 0 Å². The molecule has 1 saturated heterocycles. The van der Waals surface area contributed by atoms with Crippen molar-refractivity contribution in [1.29, 1.82) is 0 Å². The minimum atomic E-state index is -0.393. The van der Waals surface area contributed by atoms with Gasteiger partial charge in [0.1, 0.15) is 0 Å². The van der Waals surface area contributed by atoms with Gasteiger partial charge in [-0.3, -0.25) is 9.59 Å². The molecule has 1 aliphatic rings. The number of benzene rings is 1. The number of nitrogens with zero attached hydrogens (tertiary/aromatic N) is 1. The molecule has 1 fully saturated rings. The van der Waals surface area contributed by atoms with E-state index in [0.29, 0.717) is 31.0 Å². The summed E-state index contributed by atoms with van der Waals surface area (Å²) in [5.74, 6) is -1.01. The fourth-order valence-corrected chi connectivity index (χ4v) is 2.88. The van der Waals surface area contributed by atoms with Crippen molar-refractivity contribution in [1.82, 2.24) is 4.90 Å². The Morgan fingerprint density at radius 3 is 2.62 bits per heavy atom. The molecule has 26 heavy (non-hydrogen) atoms. The van der Waals surface area contributed by atoms with Crippen LogP contribution >= 0.6 is 0 Å². The van der Waals surface area contributed by atoms with E-state index in [4.69, 9.17) is 9.47 Å². The van der Waals surface area contributed by atoms with E-state index in [0.717, 1.165) is 6.42 Å². The molecule has 0 unspecified atom stereocenters. The van der Waals surface area contributed by atoms with E-state index in [1.165, 1.54) is 0 Å². The molecule has 1 aliphatic heterocycles. The number of ether oxygens (including phenoxy) is 2. The van der Waals surface area contributed by atoms with Gasteiger partial charge in [-0.2, -0.15) is 0 Å². The third kappa shape index (κ3) is 5.05. The van der Waals surface area contributed by atoms with E-state index in [1.54, 1.807) is 36.3 Å².